The van der Waals surface area contributed by atoms with Crippen LogP contribution in [0.25, 0.3) is 5.69 Å². The SMILES string of the molecule is C/C(=N/NC(=O)c1cccc(Cl)c1)c1nnn(-c2cccc([N+](=O)[O-])c2)c1C. The molecule has 0 aliphatic carbocycles. The second kappa shape index (κ2) is 7.97. The molecule has 0 fully saturated rings. The third-order valence-electron chi connectivity index (χ3n) is 3.93. The minimum absolute atomic E-state index is 0.0480. The van der Waals surface area contributed by atoms with Crippen molar-refractivity contribution in [2.45, 2.75) is 13.8 Å². The number of hydrazone groups is 1. The van der Waals surface area contributed by atoms with Gasteiger partial charge in [0.05, 0.1) is 22.0 Å². The highest BCUT2D eigenvalue weighted by Crippen LogP contribution is 2.18. The van der Waals surface area contributed by atoms with Gasteiger partial charge in [-0.25, -0.2) is 10.1 Å². The van der Waals surface area contributed by atoms with Gasteiger partial charge in [-0.1, -0.05) is 28.9 Å². The molecule has 0 saturated carbocycles. The van der Waals surface area contributed by atoms with Crippen molar-refractivity contribution in [2.75, 3.05) is 0 Å². The number of nitro benzene ring substituents is 1. The Morgan fingerprint density at radius 3 is 2.71 bits per heavy atom. The molecule has 3 aromatic rings. The Labute approximate surface area is 164 Å². The van der Waals surface area contributed by atoms with Crippen molar-refractivity contribution in [1.29, 1.82) is 0 Å². The predicted molar refractivity (Wildman–Crippen MR) is 104 cm³/mol. The van der Waals surface area contributed by atoms with Crippen LogP contribution in [0, 0.1) is 17.0 Å². The van der Waals surface area contributed by atoms with Crippen molar-refractivity contribution in [2.24, 2.45) is 5.10 Å². The molecule has 2 aromatic carbocycles. The largest absolute Gasteiger partial charge is 0.271 e. The van der Waals surface area contributed by atoms with Gasteiger partial charge < -0.3 is 0 Å². The number of nitrogens with zero attached hydrogens (tertiary/aromatic N) is 5. The molecule has 0 saturated heterocycles. The molecule has 0 spiro atoms. The fourth-order valence-electron chi connectivity index (χ4n) is 2.53. The van der Waals surface area contributed by atoms with E-state index in [0.717, 1.165) is 0 Å². The third kappa shape index (κ3) is 4.04. The van der Waals surface area contributed by atoms with Gasteiger partial charge in [0.15, 0.2) is 0 Å². The summed E-state index contributed by atoms with van der Waals surface area (Å²) in [6.45, 7) is 3.43. The van der Waals surface area contributed by atoms with Crippen molar-refractivity contribution < 1.29 is 9.72 Å². The number of aromatic nitrogens is 3. The lowest BCUT2D eigenvalue weighted by Crippen LogP contribution is -2.19. The number of hydrogen-bond donors (Lipinski definition) is 1. The highest BCUT2D eigenvalue weighted by atomic mass is 35.5. The molecule has 142 valence electrons. The van der Waals surface area contributed by atoms with Gasteiger partial charge in [0.25, 0.3) is 11.6 Å². The Morgan fingerprint density at radius 2 is 2.00 bits per heavy atom. The van der Waals surface area contributed by atoms with Crippen LogP contribution in [0.3, 0.4) is 0 Å². The standard InChI is InChI=1S/C18H15ClN6O3/c1-11(20-22-18(26)13-5-3-6-14(19)9-13)17-12(2)24(23-21-17)15-7-4-8-16(10-15)25(27)28/h3-10H,1-2H3,(H,22,26)/b20-11-. The summed E-state index contributed by atoms with van der Waals surface area (Å²) in [5.74, 6) is -0.412. The summed E-state index contributed by atoms with van der Waals surface area (Å²) in [6, 6.07) is 12.5. The molecular weight excluding hydrogens is 384 g/mol. The zero-order valence-corrected chi connectivity index (χ0v) is 15.7. The lowest BCUT2D eigenvalue weighted by molar-refractivity contribution is -0.384. The van der Waals surface area contributed by atoms with Crippen molar-refractivity contribution in [1.82, 2.24) is 20.4 Å². The number of hydrogen-bond acceptors (Lipinski definition) is 6. The molecule has 1 N–H and O–H groups in total. The third-order valence-corrected chi connectivity index (χ3v) is 4.17. The Balaban J connectivity index is 1.83. The Morgan fingerprint density at radius 1 is 1.25 bits per heavy atom. The number of nitro groups is 1. The lowest BCUT2D eigenvalue weighted by atomic mass is 10.2. The summed E-state index contributed by atoms with van der Waals surface area (Å²) in [5.41, 5.74) is 4.79. The molecular formula is C18H15ClN6O3. The summed E-state index contributed by atoms with van der Waals surface area (Å²) in [7, 11) is 0. The molecule has 0 radical (unpaired) electrons. The smallest absolute Gasteiger partial charge is 0.267 e. The molecule has 1 heterocycles. The lowest BCUT2D eigenvalue weighted by Gasteiger charge is -2.04. The van der Waals surface area contributed by atoms with E-state index in [1.807, 2.05) is 0 Å². The molecule has 10 heteroatoms. The normalized spacial score (nSPS) is 11.3. The van der Waals surface area contributed by atoms with Gasteiger partial charge in [-0.15, -0.1) is 5.10 Å². The van der Waals surface area contributed by atoms with Gasteiger partial charge in [-0.2, -0.15) is 5.10 Å². The van der Waals surface area contributed by atoms with Crippen molar-refractivity contribution in [3.05, 3.63) is 80.6 Å². The minimum Gasteiger partial charge on any atom is -0.267 e. The fraction of sp³-hybridized carbons (Fsp3) is 0.111. The quantitative estimate of drug-likeness (QED) is 0.402. The van der Waals surface area contributed by atoms with Crippen LogP contribution in [-0.2, 0) is 0 Å². The number of nitrogens with one attached hydrogen (secondary N) is 1. The Kier molecular flexibility index (Phi) is 5.46. The van der Waals surface area contributed by atoms with Crippen LogP contribution < -0.4 is 5.43 Å². The molecule has 0 aliphatic rings. The Hall–Kier alpha value is -3.59. The number of carbonyl (C=O) groups is 1. The van der Waals surface area contributed by atoms with Crippen LogP contribution in [0.1, 0.15) is 28.7 Å². The van der Waals surface area contributed by atoms with Gasteiger partial charge in [0.2, 0.25) is 0 Å². The first kappa shape index (κ1) is 19.2. The number of non-ortho nitro benzene ring substituents is 1. The number of amides is 1. The van der Waals surface area contributed by atoms with Gasteiger partial charge in [0, 0.05) is 22.7 Å². The highest BCUT2D eigenvalue weighted by molar-refractivity contribution is 6.30. The second-order valence-corrected chi connectivity index (χ2v) is 6.30. The molecule has 0 aliphatic heterocycles. The molecule has 0 unspecified atom stereocenters. The molecule has 28 heavy (non-hydrogen) atoms. The molecule has 9 nitrogen and oxygen atoms in total. The van der Waals surface area contributed by atoms with E-state index < -0.39 is 10.8 Å². The van der Waals surface area contributed by atoms with Crippen LogP contribution in [0.4, 0.5) is 5.69 Å². The van der Waals surface area contributed by atoms with E-state index in [1.165, 1.54) is 22.9 Å². The first-order chi connectivity index (χ1) is 13.4. The topological polar surface area (TPSA) is 115 Å². The summed E-state index contributed by atoms with van der Waals surface area (Å²) in [6.07, 6.45) is 0. The van der Waals surface area contributed by atoms with E-state index in [-0.39, 0.29) is 5.69 Å². The van der Waals surface area contributed by atoms with Crippen molar-refractivity contribution in [3.63, 3.8) is 0 Å². The molecule has 0 atom stereocenters. The number of benzene rings is 2. The predicted octanol–water partition coefficient (Wildman–Crippen LogP) is 3.29. The van der Waals surface area contributed by atoms with Gasteiger partial charge in [0.1, 0.15) is 5.69 Å². The van der Waals surface area contributed by atoms with E-state index in [2.05, 4.69) is 20.8 Å². The fourth-order valence-corrected chi connectivity index (χ4v) is 2.72. The van der Waals surface area contributed by atoms with Crippen LogP contribution in [-0.4, -0.2) is 31.5 Å². The van der Waals surface area contributed by atoms with Crippen molar-refractivity contribution in [3.8, 4) is 5.69 Å². The zero-order valence-electron chi connectivity index (χ0n) is 15.0. The number of halogens is 1. The first-order valence-electron chi connectivity index (χ1n) is 8.14. The van der Waals surface area contributed by atoms with Gasteiger partial charge in [-0.05, 0) is 38.1 Å². The average molecular weight is 399 g/mol. The highest BCUT2D eigenvalue weighted by Gasteiger charge is 2.15. The van der Waals surface area contributed by atoms with Crippen LogP contribution in [0.15, 0.2) is 53.6 Å². The summed E-state index contributed by atoms with van der Waals surface area (Å²) < 4.78 is 1.47. The molecule has 1 aromatic heterocycles. The molecule has 3 rings (SSSR count). The summed E-state index contributed by atoms with van der Waals surface area (Å²) in [4.78, 5) is 22.6. The van der Waals surface area contributed by atoms with Crippen LogP contribution in [0.5, 0.6) is 0 Å². The first-order valence-corrected chi connectivity index (χ1v) is 8.52. The zero-order chi connectivity index (χ0) is 20.3. The van der Waals surface area contributed by atoms with E-state index in [0.29, 0.717) is 33.4 Å². The average Bonchev–Trinajstić information content (AvgIpc) is 3.07. The summed E-state index contributed by atoms with van der Waals surface area (Å²) in [5, 5.41) is 23.6. The van der Waals surface area contributed by atoms with Gasteiger partial charge in [-0.3, -0.25) is 14.9 Å². The number of rotatable bonds is 5. The van der Waals surface area contributed by atoms with Crippen molar-refractivity contribution >= 4 is 28.9 Å². The van der Waals surface area contributed by atoms with E-state index in [1.54, 1.807) is 44.2 Å². The maximum absolute atomic E-state index is 12.2. The van der Waals surface area contributed by atoms with Crippen LogP contribution in [0.2, 0.25) is 5.02 Å². The second-order valence-electron chi connectivity index (χ2n) is 5.86. The summed E-state index contributed by atoms with van der Waals surface area (Å²) >= 11 is 5.88. The molecule has 1 amide bonds. The maximum Gasteiger partial charge on any atom is 0.271 e. The molecule has 0 bridgehead atoms. The van der Waals surface area contributed by atoms with Crippen LogP contribution >= 0.6 is 11.6 Å². The number of carbonyl (C=O) groups excluding carboxylic acids is 1. The van der Waals surface area contributed by atoms with E-state index >= 15 is 0 Å². The minimum atomic E-state index is -0.477. The monoisotopic (exact) mass is 398 g/mol. The Bertz CT molecular complexity index is 1090. The maximum atomic E-state index is 12.2. The van der Waals surface area contributed by atoms with Gasteiger partial charge >= 0.3 is 0 Å². The van der Waals surface area contributed by atoms with E-state index in [4.69, 9.17) is 11.6 Å². The van der Waals surface area contributed by atoms with E-state index in [9.17, 15) is 14.9 Å².